The third kappa shape index (κ3) is 3.28. The van der Waals surface area contributed by atoms with Crippen LogP contribution in [0.1, 0.15) is 23.6 Å². The number of halogens is 1. The molecule has 0 saturated carbocycles. The number of hydrogen-bond acceptors (Lipinski definition) is 1. The van der Waals surface area contributed by atoms with E-state index in [0.29, 0.717) is 6.04 Å². The van der Waals surface area contributed by atoms with Crippen LogP contribution in [0.5, 0.6) is 0 Å². The summed E-state index contributed by atoms with van der Waals surface area (Å²) in [6.07, 6.45) is 5.79. The Bertz CT molecular complexity index is 896. The van der Waals surface area contributed by atoms with Gasteiger partial charge in [0, 0.05) is 41.2 Å². The highest BCUT2D eigenvalue weighted by molar-refractivity contribution is 9.10. The number of aromatic nitrogens is 1. The van der Waals surface area contributed by atoms with E-state index < -0.39 is 0 Å². The molecule has 0 spiro atoms. The summed E-state index contributed by atoms with van der Waals surface area (Å²) in [5.41, 5.74) is 5.84. The lowest BCUT2D eigenvalue weighted by atomic mass is 10.1. The molecule has 1 atom stereocenters. The zero-order valence-corrected chi connectivity index (χ0v) is 16.6. The molecule has 0 saturated heterocycles. The summed E-state index contributed by atoms with van der Waals surface area (Å²) in [5.74, 6) is 0. The second-order valence-electron chi connectivity index (χ2n) is 7.14. The molecule has 130 valence electrons. The molecule has 4 rings (SSSR count). The van der Waals surface area contributed by atoms with Gasteiger partial charge in [-0.25, -0.2) is 0 Å². The summed E-state index contributed by atoms with van der Waals surface area (Å²) in [6, 6.07) is 16.1. The molecule has 0 radical (unpaired) electrons. The largest absolute Gasteiger partial charge is 0.350 e. The standard InChI is InChI=1S/C22H25BrN2/c1-3-25(20-13-16-8-9-19(23)12-18(16)14-20)11-10-17-15-24(2)22-7-5-4-6-21(17)22/h4-9,12,15,20H,3,10-11,13-14H2,1-2H3. The highest BCUT2D eigenvalue weighted by Crippen LogP contribution is 2.29. The SMILES string of the molecule is CCN(CCc1cn(C)c2ccccc12)C1Cc2ccc(Br)cc2C1. The second-order valence-corrected chi connectivity index (χ2v) is 8.05. The maximum absolute atomic E-state index is 3.61. The van der Waals surface area contributed by atoms with E-state index in [1.54, 1.807) is 0 Å². The third-order valence-corrected chi connectivity index (χ3v) is 6.14. The number of para-hydroxylation sites is 1. The number of hydrogen-bond donors (Lipinski definition) is 0. The first-order valence-electron chi connectivity index (χ1n) is 9.20. The Kier molecular flexibility index (Phi) is 4.70. The fourth-order valence-electron chi connectivity index (χ4n) is 4.31. The molecule has 1 aromatic heterocycles. The van der Waals surface area contributed by atoms with Crippen molar-refractivity contribution in [1.29, 1.82) is 0 Å². The van der Waals surface area contributed by atoms with Crippen molar-refractivity contribution in [3.05, 3.63) is 69.8 Å². The minimum absolute atomic E-state index is 0.643. The van der Waals surface area contributed by atoms with Crippen LogP contribution in [0.3, 0.4) is 0 Å². The zero-order chi connectivity index (χ0) is 17.4. The minimum Gasteiger partial charge on any atom is -0.350 e. The van der Waals surface area contributed by atoms with Crippen molar-refractivity contribution in [3.63, 3.8) is 0 Å². The molecule has 25 heavy (non-hydrogen) atoms. The predicted octanol–water partition coefficient (Wildman–Crippen LogP) is 4.97. The summed E-state index contributed by atoms with van der Waals surface area (Å²) >= 11 is 3.61. The van der Waals surface area contributed by atoms with E-state index >= 15 is 0 Å². The van der Waals surface area contributed by atoms with Gasteiger partial charge in [0.1, 0.15) is 0 Å². The quantitative estimate of drug-likeness (QED) is 0.590. The van der Waals surface area contributed by atoms with E-state index in [4.69, 9.17) is 0 Å². The van der Waals surface area contributed by atoms with Crippen LogP contribution < -0.4 is 0 Å². The maximum Gasteiger partial charge on any atom is 0.0480 e. The summed E-state index contributed by atoms with van der Waals surface area (Å²) < 4.78 is 3.45. The van der Waals surface area contributed by atoms with Crippen molar-refractivity contribution < 1.29 is 0 Å². The topological polar surface area (TPSA) is 8.17 Å². The van der Waals surface area contributed by atoms with Crippen LogP contribution in [0.4, 0.5) is 0 Å². The molecule has 1 heterocycles. The van der Waals surface area contributed by atoms with Crippen LogP contribution in [-0.4, -0.2) is 28.6 Å². The van der Waals surface area contributed by atoms with Gasteiger partial charge in [-0.3, -0.25) is 4.90 Å². The smallest absolute Gasteiger partial charge is 0.0480 e. The van der Waals surface area contributed by atoms with Crippen molar-refractivity contribution >= 4 is 26.8 Å². The van der Waals surface area contributed by atoms with Crippen molar-refractivity contribution in [3.8, 4) is 0 Å². The summed E-state index contributed by atoms with van der Waals surface area (Å²) in [6.45, 7) is 4.54. The molecule has 1 aliphatic carbocycles. The number of nitrogens with zero attached hydrogens (tertiary/aromatic N) is 2. The Morgan fingerprint density at radius 1 is 1.12 bits per heavy atom. The Labute approximate surface area is 158 Å². The number of rotatable bonds is 5. The molecule has 0 bridgehead atoms. The molecule has 3 heteroatoms. The molecular weight excluding hydrogens is 372 g/mol. The van der Waals surface area contributed by atoms with Crippen LogP contribution >= 0.6 is 15.9 Å². The van der Waals surface area contributed by atoms with E-state index in [2.05, 4.69) is 88.0 Å². The Morgan fingerprint density at radius 2 is 1.92 bits per heavy atom. The molecule has 3 aromatic rings. The molecule has 0 amide bonds. The average molecular weight is 397 g/mol. The number of likely N-dealkylation sites (N-methyl/N-ethyl adjacent to an activating group) is 1. The highest BCUT2D eigenvalue weighted by atomic mass is 79.9. The van der Waals surface area contributed by atoms with Gasteiger partial charge in [-0.1, -0.05) is 47.1 Å². The molecule has 1 unspecified atom stereocenters. The first-order valence-corrected chi connectivity index (χ1v) is 9.99. The van der Waals surface area contributed by atoms with Gasteiger partial charge in [-0.05, 0) is 60.7 Å². The Balaban J connectivity index is 1.48. The number of benzene rings is 2. The van der Waals surface area contributed by atoms with E-state index in [1.165, 1.54) is 44.9 Å². The normalized spacial score (nSPS) is 16.7. The summed E-state index contributed by atoms with van der Waals surface area (Å²) in [4.78, 5) is 2.66. The monoisotopic (exact) mass is 396 g/mol. The van der Waals surface area contributed by atoms with E-state index in [0.717, 1.165) is 19.5 Å². The lowest BCUT2D eigenvalue weighted by Gasteiger charge is -2.27. The van der Waals surface area contributed by atoms with Crippen molar-refractivity contribution in [2.45, 2.75) is 32.2 Å². The van der Waals surface area contributed by atoms with Crippen LogP contribution in [0.15, 0.2) is 53.1 Å². The number of aryl methyl sites for hydroxylation is 1. The Morgan fingerprint density at radius 3 is 2.76 bits per heavy atom. The average Bonchev–Trinajstić information content (AvgIpc) is 3.17. The van der Waals surface area contributed by atoms with Gasteiger partial charge in [0.05, 0.1) is 0 Å². The predicted molar refractivity (Wildman–Crippen MR) is 109 cm³/mol. The van der Waals surface area contributed by atoms with Crippen molar-refractivity contribution in [2.24, 2.45) is 7.05 Å². The highest BCUT2D eigenvalue weighted by Gasteiger charge is 2.26. The third-order valence-electron chi connectivity index (χ3n) is 5.65. The first kappa shape index (κ1) is 16.9. The second kappa shape index (κ2) is 6.97. The molecular formula is C22H25BrN2. The van der Waals surface area contributed by atoms with E-state index in [-0.39, 0.29) is 0 Å². The van der Waals surface area contributed by atoms with Crippen molar-refractivity contribution in [1.82, 2.24) is 9.47 Å². The molecule has 0 aliphatic heterocycles. The fourth-order valence-corrected chi connectivity index (χ4v) is 4.72. The van der Waals surface area contributed by atoms with Gasteiger partial charge in [-0.15, -0.1) is 0 Å². The fraction of sp³-hybridized carbons (Fsp3) is 0.364. The number of fused-ring (bicyclic) bond motifs is 2. The van der Waals surface area contributed by atoms with E-state index in [9.17, 15) is 0 Å². The summed E-state index contributed by atoms with van der Waals surface area (Å²) in [7, 11) is 2.15. The molecule has 0 N–H and O–H groups in total. The lowest BCUT2D eigenvalue weighted by molar-refractivity contribution is 0.215. The van der Waals surface area contributed by atoms with Gasteiger partial charge in [-0.2, -0.15) is 0 Å². The van der Waals surface area contributed by atoms with Gasteiger partial charge in [0.25, 0.3) is 0 Å². The molecule has 1 aliphatic rings. The first-order chi connectivity index (χ1) is 12.2. The van der Waals surface area contributed by atoms with Gasteiger partial charge in [0.15, 0.2) is 0 Å². The van der Waals surface area contributed by atoms with E-state index in [1.807, 2.05) is 0 Å². The molecule has 2 aromatic carbocycles. The van der Waals surface area contributed by atoms with Gasteiger partial charge in [0.2, 0.25) is 0 Å². The molecule has 0 fully saturated rings. The molecule has 2 nitrogen and oxygen atoms in total. The zero-order valence-electron chi connectivity index (χ0n) is 15.0. The van der Waals surface area contributed by atoms with Crippen LogP contribution in [0, 0.1) is 0 Å². The summed E-state index contributed by atoms with van der Waals surface area (Å²) in [5, 5.41) is 1.40. The van der Waals surface area contributed by atoms with Crippen LogP contribution in [-0.2, 0) is 26.3 Å². The minimum atomic E-state index is 0.643. The van der Waals surface area contributed by atoms with Crippen molar-refractivity contribution in [2.75, 3.05) is 13.1 Å². The maximum atomic E-state index is 3.61. The van der Waals surface area contributed by atoms with Crippen LogP contribution in [0.25, 0.3) is 10.9 Å². The lowest BCUT2D eigenvalue weighted by Crippen LogP contribution is -2.37. The van der Waals surface area contributed by atoms with Crippen LogP contribution in [0.2, 0.25) is 0 Å². The Hall–Kier alpha value is -1.58. The van der Waals surface area contributed by atoms with Gasteiger partial charge < -0.3 is 4.57 Å². The van der Waals surface area contributed by atoms with Gasteiger partial charge >= 0.3 is 0 Å².